The summed E-state index contributed by atoms with van der Waals surface area (Å²) < 4.78 is 5.36. The number of hydrogen-bond acceptors (Lipinski definition) is 3. The van der Waals surface area contributed by atoms with Gasteiger partial charge in [-0.05, 0) is 25.2 Å². The minimum absolute atomic E-state index is 0. The highest BCUT2D eigenvalue weighted by molar-refractivity contribution is 14.0. The molecule has 2 N–H and O–H groups in total. The van der Waals surface area contributed by atoms with Gasteiger partial charge >= 0.3 is 0 Å². The lowest BCUT2D eigenvalue weighted by molar-refractivity contribution is 0.270. The zero-order valence-corrected chi connectivity index (χ0v) is 15.6. The van der Waals surface area contributed by atoms with Gasteiger partial charge in [0.1, 0.15) is 5.76 Å². The maximum atomic E-state index is 6.14. The quantitative estimate of drug-likeness (QED) is 0.474. The molecular weight excluding hydrogens is 379 g/mol. The molecule has 1 atom stereocenters. The summed E-state index contributed by atoms with van der Waals surface area (Å²) >= 11 is 0. The van der Waals surface area contributed by atoms with Gasteiger partial charge in [0.15, 0.2) is 5.96 Å². The summed E-state index contributed by atoms with van der Waals surface area (Å²) in [6, 6.07) is 0. The van der Waals surface area contributed by atoms with E-state index in [9.17, 15) is 0 Å². The number of halogens is 1. The van der Waals surface area contributed by atoms with Crippen molar-refractivity contribution in [1.29, 1.82) is 0 Å². The molecule has 2 rings (SSSR count). The first-order valence-electron chi connectivity index (χ1n) is 7.66. The van der Waals surface area contributed by atoms with Crippen molar-refractivity contribution in [3.05, 3.63) is 17.0 Å². The fourth-order valence-corrected chi connectivity index (χ4v) is 2.77. The van der Waals surface area contributed by atoms with Gasteiger partial charge in [-0.1, -0.05) is 25.9 Å². The van der Waals surface area contributed by atoms with Crippen LogP contribution in [0.2, 0.25) is 0 Å². The number of aromatic nitrogens is 1. The summed E-state index contributed by atoms with van der Waals surface area (Å²) in [5.41, 5.74) is 8.25. The molecule has 1 saturated heterocycles. The summed E-state index contributed by atoms with van der Waals surface area (Å²) in [5.74, 6) is 2.29. The molecule has 0 aliphatic carbocycles. The second kappa shape index (κ2) is 8.60. The largest absolute Gasteiger partial charge is 0.370 e. The van der Waals surface area contributed by atoms with Crippen LogP contribution in [0.15, 0.2) is 9.52 Å². The molecule has 1 aliphatic heterocycles. The first kappa shape index (κ1) is 18.3. The molecule has 5 nitrogen and oxygen atoms in total. The number of nitrogens with zero attached hydrogens (tertiary/aromatic N) is 3. The minimum Gasteiger partial charge on any atom is -0.370 e. The zero-order chi connectivity index (χ0) is 14.5. The van der Waals surface area contributed by atoms with E-state index in [4.69, 9.17) is 10.3 Å². The zero-order valence-electron chi connectivity index (χ0n) is 13.3. The molecule has 0 amide bonds. The summed E-state index contributed by atoms with van der Waals surface area (Å²) in [7, 11) is 0. The van der Waals surface area contributed by atoms with E-state index in [0.29, 0.717) is 18.4 Å². The Kier molecular flexibility index (Phi) is 7.48. The van der Waals surface area contributed by atoms with Crippen LogP contribution in [-0.4, -0.2) is 29.1 Å². The lowest BCUT2D eigenvalue weighted by Gasteiger charge is -2.31. The van der Waals surface area contributed by atoms with Crippen LogP contribution in [0.25, 0.3) is 0 Å². The number of aliphatic imine (C=N–C) groups is 1. The van der Waals surface area contributed by atoms with Gasteiger partial charge in [-0.3, -0.25) is 0 Å². The van der Waals surface area contributed by atoms with Crippen molar-refractivity contribution in [2.75, 3.05) is 13.1 Å². The van der Waals surface area contributed by atoms with Crippen LogP contribution >= 0.6 is 24.0 Å². The van der Waals surface area contributed by atoms with Crippen molar-refractivity contribution in [3.8, 4) is 0 Å². The van der Waals surface area contributed by atoms with E-state index in [-0.39, 0.29) is 24.0 Å². The summed E-state index contributed by atoms with van der Waals surface area (Å²) in [6.45, 7) is 9.03. The van der Waals surface area contributed by atoms with Crippen molar-refractivity contribution in [3.63, 3.8) is 0 Å². The van der Waals surface area contributed by atoms with E-state index in [0.717, 1.165) is 42.9 Å². The maximum absolute atomic E-state index is 6.14. The van der Waals surface area contributed by atoms with Crippen molar-refractivity contribution >= 4 is 29.9 Å². The molecule has 1 aromatic rings. The minimum atomic E-state index is 0. The Balaban J connectivity index is 0.00000220. The van der Waals surface area contributed by atoms with E-state index in [2.05, 4.69) is 35.8 Å². The molecule has 0 bridgehead atoms. The van der Waals surface area contributed by atoms with Crippen LogP contribution in [0, 0.1) is 5.92 Å². The average Bonchev–Trinajstić information content (AvgIpc) is 2.86. The molecule has 0 aromatic carbocycles. The molecule has 1 fully saturated rings. The van der Waals surface area contributed by atoms with Crippen LogP contribution < -0.4 is 5.73 Å². The fraction of sp³-hybridized carbons (Fsp3) is 0.733. The lowest BCUT2D eigenvalue weighted by Crippen LogP contribution is -2.43. The molecule has 120 valence electrons. The Morgan fingerprint density at radius 1 is 1.43 bits per heavy atom. The van der Waals surface area contributed by atoms with E-state index < -0.39 is 0 Å². The third-order valence-electron chi connectivity index (χ3n) is 3.99. The number of likely N-dealkylation sites (tertiary alicyclic amines) is 1. The van der Waals surface area contributed by atoms with Crippen molar-refractivity contribution in [2.45, 2.75) is 53.0 Å². The Morgan fingerprint density at radius 2 is 2.19 bits per heavy atom. The van der Waals surface area contributed by atoms with Gasteiger partial charge in [0.2, 0.25) is 0 Å². The van der Waals surface area contributed by atoms with Crippen LogP contribution in [-0.2, 0) is 19.4 Å². The first-order valence-corrected chi connectivity index (χ1v) is 7.66. The highest BCUT2D eigenvalue weighted by Crippen LogP contribution is 2.18. The van der Waals surface area contributed by atoms with Gasteiger partial charge in [-0.25, -0.2) is 4.99 Å². The Labute approximate surface area is 144 Å². The van der Waals surface area contributed by atoms with Gasteiger partial charge in [-0.2, -0.15) is 0 Å². The average molecular weight is 406 g/mol. The molecule has 1 unspecified atom stereocenters. The van der Waals surface area contributed by atoms with Gasteiger partial charge in [-0.15, -0.1) is 24.0 Å². The predicted octanol–water partition coefficient (Wildman–Crippen LogP) is 2.96. The van der Waals surface area contributed by atoms with E-state index in [1.165, 1.54) is 12.8 Å². The molecule has 0 spiro atoms. The summed E-state index contributed by atoms with van der Waals surface area (Å²) in [6.07, 6.45) is 4.20. The highest BCUT2D eigenvalue weighted by Gasteiger charge is 2.18. The number of rotatable bonds is 4. The Morgan fingerprint density at radius 3 is 2.81 bits per heavy atom. The molecule has 1 aliphatic rings. The van der Waals surface area contributed by atoms with Crippen LogP contribution in [0.1, 0.15) is 50.6 Å². The van der Waals surface area contributed by atoms with Crippen LogP contribution in [0.4, 0.5) is 0 Å². The topological polar surface area (TPSA) is 67.6 Å². The second-order valence-corrected chi connectivity index (χ2v) is 5.61. The standard InChI is InChI=1S/C15H26N4O.HI/c1-4-13-12(14(5-2)20-18-13)9-17-15(16)19-8-6-7-11(3)10-19;/h11H,4-10H2,1-3H3,(H2,16,17);1H. The fourth-order valence-electron chi connectivity index (χ4n) is 2.77. The van der Waals surface area contributed by atoms with Crippen LogP contribution in [0.5, 0.6) is 0 Å². The third-order valence-corrected chi connectivity index (χ3v) is 3.99. The number of piperidine rings is 1. The summed E-state index contributed by atoms with van der Waals surface area (Å²) in [4.78, 5) is 6.76. The van der Waals surface area contributed by atoms with Gasteiger partial charge in [0.25, 0.3) is 0 Å². The number of guanidine groups is 1. The summed E-state index contributed by atoms with van der Waals surface area (Å²) in [5, 5.41) is 4.11. The number of aryl methyl sites for hydroxylation is 2. The van der Waals surface area contributed by atoms with Crippen molar-refractivity contribution in [1.82, 2.24) is 10.1 Å². The molecule has 0 radical (unpaired) electrons. The molecule has 1 aromatic heterocycles. The van der Waals surface area contributed by atoms with Gasteiger partial charge in [0, 0.05) is 25.1 Å². The smallest absolute Gasteiger partial charge is 0.191 e. The van der Waals surface area contributed by atoms with Crippen LogP contribution in [0.3, 0.4) is 0 Å². The van der Waals surface area contributed by atoms with Gasteiger partial charge in [0.05, 0.1) is 12.2 Å². The van der Waals surface area contributed by atoms with Crippen molar-refractivity contribution in [2.24, 2.45) is 16.6 Å². The molecular formula is C15H27IN4O. The number of hydrogen-bond donors (Lipinski definition) is 1. The molecule has 2 heterocycles. The third kappa shape index (κ3) is 4.59. The normalized spacial score (nSPS) is 19.5. The lowest BCUT2D eigenvalue weighted by atomic mass is 10.0. The SMILES string of the molecule is CCc1noc(CC)c1CN=C(N)N1CCCC(C)C1.I. The Bertz CT molecular complexity index is 451. The van der Waals surface area contributed by atoms with Gasteiger partial charge < -0.3 is 15.2 Å². The van der Waals surface area contributed by atoms with Crippen molar-refractivity contribution < 1.29 is 4.52 Å². The maximum Gasteiger partial charge on any atom is 0.191 e. The highest BCUT2D eigenvalue weighted by atomic mass is 127. The molecule has 6 heteroatoms. The molecule has 0 saturated carbocycles. The van der Waals surface area contributed by atoms with E-state index in [1.54, 1.807) is 0 Å². The first-order chi connectivity index (χ1) is 9.65. The molecule has 21 heavy (non-hydrogen) atoms. The van der Waals surface area contributed by atoms with E-state index >= 15 is 0 Å². The second-order valence-electron chi connectivity index (χ2n) is 5.61. The van der Waals surface area contributed by atoms with E-state index in [1.807, 2.05) is 0 Å². The number of nitrogens with two attached hydrogens (primary N) is 1. The predicted molar refractivity (Wildman–Crippen MR) is 96.0 cm³/mol. The monoisotopic (exact) mass is 406 g/mol. The Hall–Kier alpha value is -0.790.